The van der Waals surface area contributed by atoms with Crippen LogP contribution in [0.4, 0.5) is 14.5 Å². The Bertz CT molecular complexity index is 396. The van der Waals surface area contributed by atoms with E-state index in [-0.39, 0.29) is 23.6 Å². The molecule has 3 nitrogen and oxygen atoms in total. The summed E-state index contributed by atoms with van der Waals surface area (Å²) in [7, 11) is 0. The molecule has 1 fully saturated rings. The number of hydrogen-bond acceptors (Lipinski definition) is 2. The van der Waals surface area contributed by atoms with Crippen LogP contribution in [0.25, 0.3) is 0 Å². The predicted molar refractivity (Wildman–Crippen MR) is 55.7 cm³/mol. The standard InChI is InChI=1S/C11H12F2N2O/c12-7-3-8(13)5-10(4-7)15-11(16)6-1-9(14)2-6/h3-6,9H,1-2,14H2,(H,15,16). The molecule has 0 saturated heterocycles. The van der Waals surface area contributed by atoms with E-state index >= 15 is 0 Å². The fourth-order valence-electron chi connectivity index (χ4n) is 1.75. The Morgan fingerprint density at radius 2 is 1.81 bits per heavy atom. The highest BCUT2D eigenvalue weighted by Crippen LogP contribution is 2.27. The fourth-order valence-corrected chi connectivity index (χ4v) is 1.75. The lowest BCUT2D eigenvalue weighted by Crippen LogP contribution is -2.42. The molecule has 5 heteroatoms. The molecular formula is C11H12F2N2O. The molecule has 0 atom stereocenters. The quantitative estimate of drug-likeness (QED) is 0.805. The van der Waals surface area contributed by atoms with Crippen molar-refractivity contribution in [3.63, 3.8) is 0 Å². The van der Waals surface area contributed by atoms with Crippen molar-refractivity contribution in [1.29, 1.82) is 0 Å². The minimum absolute atomic E-state index is 0.0694. The van der Waals surface area contributed by atoms with Gasteiger partial charge in [0.05, 0.1) is 0 Å². The van der Waals surface area contributed by atoms with Crippen molar-refractivity contribution in [2.75, 3.05) is 5.32 Å². The number of carbonyl (C=O) groups is 1. The third kappa shape index (κ3) is 2.36. The molecule has 86 valence electrons. The van der Waals surface area contributed by atoms with Crippen molar-refractivity contribution in [3.05, 3.63) is 29.8 Å². The maximum atomic E-state index is 12.8. The van der Waals surface area contributed by atoms with Gasteiger partial charge >= 0.3 is 0 Å². The van der Waals surface area contributed by atoms with Crippen LogP contribution in [0.15, 0.2) is 18.2 Å². The van der Waals surface area contributed by atoms with E-state index in [0.717, 1.165) is 18.2 Å². The molecule has 16 heavy (non-hydrogen) atoms. The highest BCUT2D eigenvalue weighted by atomic mass is 19.1. The lowest BCUT2D eigenvalue weighted by molar-refractivity contribution is -0.122. The van der Waals surface area contributed by atoms with E-state index in [0.29, 0.717) is 12.8 Å². The van der Waals surface area contributed by atoms with Gasteiger partial charge in [-0.1, -0.05) is 0 Å². The molecule has 1 aliphatic rings. The second-order valence-electron chi connectivity index (χ2n) is 4.08. The smallest absolute Gasteiger partial charge is 0.227 e. The number of amides is 1. The zero-order chi connectivity index (χ0) is 11.7. The molecule has 0 unspecified atom stereocenters. The number of rotatable bonds is 2. The predicted octanol–water partition coefficient (Wildman–Crippen LogP) is 1.64. The Labute approximate surface area is 91.6 Å². The second kappa shape index (κ2) is 4.17. The molecule has 1 aromatic rings. The van der Waals surface area contributed by atoms with Gasteiger partial charge < -0.3 is 11.1 Å². The average Bonchev–Trinajstić information content (AvgIpc) is 2.10. The van der Waals surface area contributed by atoms with Crippen molar-refractivity contribution in [3.8, 4) is 0 Å². The first-order valence-corrected chi connectivity index (χ1v) is 5.07. The van der Waals surface area contributed by atoms with Crippen molar-refractivity contribution < 1.29 is 13.6 Å². The molecule has 0 spiro atoms. The van der Waals surface area contributed by atoms with Crippen LogP contribution in [-0.4, -0.2) is 11.9 Å². The molecule has 0 radical (unpaired) electrons. The van der Waals surface area contributed by atoms with E-state index in [2.05, 4.69) is 5.32 Å². The van der Waals surface area contributed by atoms with Gasteiger partial charge in [0.1, 0.15) is 11.6 Å². The highest BCUT2D eigenvalue weighted by molar-refractivity contribution is 5.93. The Balaban J connectivity index is 2.00. The van der Waals surface area contributed by atoms with E-state index in [1.54, 1.807) is 0 Å². The number of benzene rings is 1. The largest absolute Gasteiger partial charge is 0.328 e. The molecule has 3 N–H and O–H groups in total. The Morgan fingerprint density at radius 1 is 1.25 bits per heavy atom. The van der Waals surface area contributed by atoms with E-state index in [1.165, 1.54) is 0 Å². The Morgan fingerprint density at radius 3 is 2.31 bits per heavy atom. The second-order valence-corrected chi connectivity index (χ2v) is 4.08. The van der Waals surface area contributed by atoms with Gasteiger partial charge in [-0.15, -0.1) is 0 Å². The molecule has 0 bridgehead atoms. The van der Waals surface area contributed by atoms with Crippen molar-refractivity contribution >= 4 is 11.6 Å². The van der Waals surface area contributed by atoms with Crippen LogP contribution < -0.4 is 11.1 Å². The summed E-state index contributed by atoms with van der Waals surface area (Å²) in [5, 5.41) is 2.47. The maximum absolute atomic E-state index is 12.8. The Kier molecular flexibility index (Phi) is 2.87. The SMILES string of the molecule is NC1CC(C(=O)Nc2cc(F)cc(F)c2)C1. The van der Waals surface area contributed by atoms with Crippen LogP contribution in [0.5, 0.6) is 0 Å². The van der Waals surface area contributed by atoms with Gasteiger partial charge in [-0.25, -0.2) is 8.78 Å². The molecule has 1 aliphatic carbocycles. The zero-order valence-electron chi connectivity index (χ0n) is 8.54. The van der Waals surface area contributed by atoms with Gasteiger partial charge in [-0.05, 0) is 25.0 Å². The van der Waals surface area contributed by atoms with Gasteiger partial charge in [-0.2, -0.15) is 0 Å². The van der Waals surface area contributed by atoms with Crippen LogP contribution in [0.1, 0.15) is 12.8 Å². The summed E-state index contributed by atoms with van der Waals surface area (Å²) in [6.07, 6.45) is 1.26. The lowest BCUT2D eigenvalue weighted by Gasteiger charge is -2.31. The fraction of sp³-hybridized carbons (Fsp3) is 0.364. The summed E-state index contributed by atoms with van der Waals surface area (Å²) in [6.45, 7) is 0. The van der Waals surface area contributed by atoms with Crippen molar-refractivity contribution in [2.24, 2.45) is 11.7 Å². The molecule has 1 amide bonds. The van der Waals surface area contributed by atoms with Gasteiger partial charge in [0.25, 0.3) is 0 Å². The third-order valence-electron chi connectivity index (χ3n) is 2.68. The molecular weight excluding hydrogens is 214 g/mol. The number of halogens is 2. The van der Waals surface area contributed by atoms with E-state index in [4.69, 9.17) is 5.73 Å². The number of nitrogens with two attached hydrogens (primary N) is 1. The van der Waals surface area contributed by atoms with Crippen LogP contribution in [0.2, 0.25) is 0 Å². The summed E-state index contributed by atoms with van der Waals surface area (Å²) in [4.78, 5) is 11.6. The average molecular weight is 226 g/mol. The van der Waals surface area contributed by atoms with Gasteiger partial charge in [0.15, 0.2) is 0 Å². The lowest BCUT2D eigenvalue weighted by atomic mass is 9.80. The summed E-state index contributed by atoms with van der Waals surface area (Å²) in [6, 6.07) is 2.99. The first kappa shape index (κ1) is 11.0. The first-order valence-electron chi connectivity index (χ1n) is 5.07. The molecule has 2 rings (SSSR count). The minimum atomic E-state index is -0.708. The summed E-state index contributed by atoms with van der Waals surface area (Å²) in [5.74, 6) is -1.78. The first-order chi connectivity index (χ1) is 7.54. The topological polar surface area (TPSA) is 55.1 Å². The van der Waals surface area contributed by atoms with E-state index in [1.807, 2.05) is 0 Å². The van der Waals surface area contributed by atoms with Crippen LogP contribution in [0.3, 0.4) is 0 Å². The van der Waals surface area contributed by atoms with Crippen molar-refractivity contribution in [2.45, 2.75) is 18.9 Å². The van der Waals surface area contributed by atoms with Crippen LogP contribution >= 0.6 is 0 Å². The van der Waals surface area contributed by atoms with Gasteiger partial charge in [-0.3, -0.25) is 4.79 Å². The number of hydrogen-bond donors (Lipinski definition) is 2. The summed E-state index contributed by atoms with van der Waals surface area (Å²) >= 11 is 0. The van der Waals surface area contributed by atoms with Crippen molar-refractivity contribution in [1.82, 2.24) is 0 Å². The van der Waals surface area contributed by atoms with E-state index in [9.17, 15) is 13.6 Å². The number of carbonyl (C=O) groups excluding carboxylic acids is 1. The molecule has 0 heterocycles. The van der Waals surface area contributed by atoms with Gasteiger partial charge in [0, 0.05) is 23.7 Å². The van der Waals surface area contributed by atoms with Crippen LogP contribution in [0, 0.1) is 17.6 Å². The minimum Gasteiger partial charge on any atom is -0.328 e. The van der Waals surface area contributed by atoms with Crippen LogP contribution in [-0.2, 0) is 4.79 Å². The third-order valence-corrected chi connectivity index (χ3v) is 2.68. The number of anilines is 1. The summed E-state index contributed by atoms with van der Waals surface area (Å²) < 4.78 is 25.7. The van der Waals surface area contributed by atoms with Gasteiger partial charge in [0.2, 0.25) is 5.91 Å². The summed E-state index contributed by atoms with van der Waals surface area (Å²) in [5.41, 5.74) is 5.69. The normalized spacial score (nSPS) is 23.7. The number of nitrogens with one attached hydrogen (secondary N) is 1. The zero-order valence-corrected chi connectivity index (χ0v) is 8.54. The maximum Gasteiger partial charge on any atom is 0.227 e. The molecule has 1 saturated carbocycles. The monoisotopic (exact) mass is 226 g/mol. The van der Waals surface area contributed by atoms with E-state index < -0.39 is 11.6 Å². The highest BCUT2D eigenvalue weighted by Gasteiger charge is 2.31. The molecule has 0 aliphatic heterocycles. The molecule has 0 aromatic heterocycles. The Hall–Kier alpha value is -1.49. The molecule has 1 aromatic carbocycles.